The van der Waals surface area contributed by atoms with Crippen LogP contribution in [0, 0.1) is 0 Å². The summed E-state index contributed by atoms with van der Waals surface area (Å²) in [5, 5.41) is 10.9. The van der Waals surface area contributed by atoms with Crippen molar-refractivity contribution in [3.63, 3.8) is 0 Å². The summed E-state index contributed by atoms with van der Waals surface area (Å²) in [6, 6.07) is 1.88. The molecule has 18 heavy (non-hydrogen) atoms. The van der Waals surface area contributed by atoms with Gasteiger partial charge in [-0.25, -0.2) is 9.97 Å². The van der Waals surface area contributed by atoms with E-state index in [-0.39, 0.29) is 0 Å². The summed E-state index contributed by atoms with van der Waals surface area (Å²) in [4.78, 5) is 8.76. The fourth-order valence-corrected chi connectivity index (χ4v) is 1.96. The molecule has 7 heteroatoms. The third kappa shape index (κ3) is 3.76. The number of rotatable bonds is 6. The van der Waals surface area contributed by atoms with Gasteiger partial charge in [-0.1, -0.05) is 12.1 Å². The Hall–Kier alpha value is -1.50. The van der Waals surface area contributed by atoms with Gasteiger partial charge in [-0.3, -0.25) is 4.68 Å². The average molecular weight is 311 g/mol. The van der Waals surface area contributed by atoms with E-state index in [1.54, 1.807) is 10.9 Å². The standard InChI is InChI=1S/C11H15BrN6/c1-2-3-10-15-9(12)8-11(16-10)13-4-6-18-7-5-14-17-18/h5,7-8H,2-4,6H2,1H3,(H,13,15,16). The zero-order valence-corrected chi connectivity index (χ0v) is 11.8. The molecule has 0 amide bonds. The highest BCUT2D eigenvalue weighted by molar-refractivity contribution is 9.10. The average Bonchev–Trinajstić information content (AvgIpc) is 2.82. The zero-order chi connectivity index (χ0) is 12.8. The number of aryl methyl sites for hydroxylation is 1. The highest BCUT2D eigenvalue weighted by Gasteiger charge is 2.02. The summed E-state index contributed by atoms with van der Waals surface area (Å²) in [6.07, 6.45) is 5.42. The van der Waals surface area contributed by atoms with E-state index in [1.807, 2.05) is 12.3 Å². The molecular weight excluding hydrogens is 296 g/mol. The molecule has 96 valence electrons. The van der Waals surface area contributed by atoms with E-state index >= 15 is 0 Å². The van der Waals surface area contributed by atoms with Crippen molar-refractivity contribution in [1.82, 2.24) is 25.0 Å². The van der Waals surface area contributed by atoms with E-state index in [1.165, 1.54) is 0 Å². The Labute approximate surface area is 114 Å². The van der Waals surface area contributed by atoms with Crippen LogP contribution in [0.5, 0.6) is 0 Å². The fraction of sp³-hybridized carbons (Fsp3) is 0.455. The fourth-order valence-electron chi connectivity index (χ4n) is 1.54. The third-order valence-electron chi connectivity index (χ3n) is 2.33. The highest BCUT2D eigenvalue weighted by atomic mass is 79.9. The van der Waals surface area contributed by atoms with Crippen LogP contribution >= 0.6 is 15.9 Å². The Kier molecular flexibility index (Phi) is 4.63. The lowest BCUT2D eigenvalue weighted by Gasteiger charge is -2.07. The van der Waals surface area contributed by atoms with E-state index in [4.69, 9.17) is 0 Å². The van der Waals surface area contributed by atoms with Gasteiger partial charge >= 0.3 is 0 Å². The Morgan fingerprint density at radius 1 is 1.39 bits per heavy atom. The molecule has 2 rings (SSSR count). The maximum atomic E-state index is 4.44. The minimum absolute atomic E-state index is 0.748. The van der Waals surface area contributed by atoms with Crippen molar-refractivity contribution in [1.29, 1.82) is 0 Å². The normalized spacial score (nSPS) is 10.6. The summed E-state index contributed by atoms with van der Waals surface area (Å²) in [7, 11) is 0. The van der Waals surface area contributed by atoms with E-state index in [0.717, 1.165) is 42.2 Å². The quantitative estimate of drug-likeness (QED) is 0.825. The van der Waals surface area contributed by atoms with Crippen LogP contribution in [0.25, 0.3) is 0 Å². The molecule has 1 N–H and O–H groups in total. The topological polar surface area (TPSA) is 68.5 Å². The number of nitrogens with zero attached hydrogens (tertiary/aromatic N) is 5. The van der Waals surface area contributed by atoms with E-state index < -0.39 is 0 Å². The predicted octanol–water partition coefficient (Wildman–Crippen LogP) is 1.90. The first-order valence-corrected chi connectivity index (χ1v) is 6.68. The van der Waals surface area contributed by atoms with Crippen LogP contribution in [0.1, 0.15) is 19.2 Å². The maximum Gasteiger partial charge on any atom is 0.132 e. The SMILES string of the molecule is CCCc1nc(Br)cc(NCCn2ccnn2)n1. The van der Waals surface area contributed by atoms with Crippen molar-refractivity contribution in [2.45, 2.75) is 26.3 Å². The number of anilines is 1. The molecule has 0 aliphatic rings. The lowest BCUT2D eigenvalue weighted by molar-refractivity contribution is 0.608. The van der Waals surface area contributed by atoms with Crippen molar-refractivity contribution >= 4 is 21.7 Å². The Morgan fingerprint density at radius 3 is 3.00 bits per heavy atom. The van der Waals surface area contributed by atoms with Crippen molar-refractivity contribution < 1.29 is 0 Å². The number of halogens is 1. The molecule has 0 bridgehead atoms. The molecule has 0 aliphatic heterocycles. The van der Waals surface area contributed by atoms with Gasteiger partial charge in [0.15, 0.2) is 0 Å². The highest BCUT2D eigenvalue weighted by Crippen LogP contribution is 2.13. The van der Waals surface area contributed by atoms with Crippen molar-refractivity contribution in [2.24, 2.45) is 0 Å². The Bertz CT molecular complexity index is 484. The van der Waals surface area contributed by atoms with Gasteiger partial charge in [0.05, 0.1) is 12.7 Å². The summed E-state index contributed by atoms with van der Waals surface area (Å²) in [6.45, 7) is 3.62. The molecule has 2 aromatic rings. The van der Waals surface area contributed by atoms with Crippen molar-refractivity contribution in [3.05, 3.63) is 28.9 Å². The van der Waals surface area contributed by atoms with Crippen LogP contribution < -0.4 is 5.32 Å². The number of aromatic nitrogens is 5. The third-order valence-corrected chi connectivity index (χ3v) is 2.74. The lowest BCUT2D eigenvalue weighted by atomic mass is 10.3. The van der Waals surface area contributed by atoms with E-state index in [2.05, 4.69) is 48.5 Å². The van der Waals surface area contributed by atoms with Crippen molar-refractivity contribution in [2.75, 3.05) is 11.9 Å². The van der Waals surface area contributed by atoms with Gasteiger partial charge in [0.1, 0.15) is 16.2 Å². The maximum absolute atomic E-state index is 4.44. The first-order valence-electron chi connectivity index (χ1n) is 5.89. The first kappa shape index (κ1) is 12.9. The van der Waals surface area contributed by atoms with Crippen LogP contribution in [-0.4, -0.2) is 31.5 Å². The van der Waals surface area contributed by atoms with Crippen LogP contribution in [0.15, 0.2) is 23.1 Å². The second-order valence-corrected chi connectivity index (χ2v) is 4.65. The smallest absolute Gasteiger partial charge is 0.132 e. The molecule has 0 radical (unpaired) electrons. The Morgan fingerprint density at radius 2 is 2.28 bits per heavy atom. The van der Waals surface area contributed by atoms with Gasteiger partial charge in [-0.05, 0) is 22.4 Å². The first-order chi connectivity index (χ1) is 8.78. The van der Waals surface area contributed by atoms with Gasteiger partial charge in [-0.15, -0.1) is 5.10 Å². The number of hydrogen-bond acceptors (Lipinski definition) is 5. The summed E-state index contributed by atoms with van der Waals surface area (Å²) in [5.41, 5.74) is 0. The van der Waals surface area contributed by atoms with Crippen LogP contribution in [0.4, 0.5) is 5.82 Å². The monoisotopic (exact) mass is 310 g/mol. The van der Waals surface area contributed by atoms with E-state index in [9.17, 15) is 0 Å². The Balaban J connectivity index is 1.92. The largest absolute Gasteiger partial charge is 0.368 e. The zero-order valence-electron chi connectivity index (χ0n) is 10.2. The minimum Gasteiger partial charge on any atom is -0.368 e. The molecule has 0 saturated heterocycles. The molecule has 0 unspecified atom stereocenters. The molecule has 6 nitrogen and oxygen atoms in total. The van der Waals surface area contributed by atoms with E-state index in [0.29, 0.717) is 0 Å². The summed E-state index contributed by atoms with van der Waals surface area (Å²) in [5.74, 6) is 1.69. The molecule has 0 saturated carbocycles. The molecule has 0 fully saturated rings. The second-order valence-electron chi connectivity index (χ2n) is 3.84. The molecule has 0 atom stereocenters. The van der Waals surface area contributed by atoms with Gasteiger partial charge in [0.25, 0.3) is 0 Å². The number of hydrogen-bond donors (Lipinski definition) is 1. The summed E-state index contributed by atoms with van der Waals surface area (Å²) < 4.78 is 2.58. The second kappa shape index (κ2) is 6.44. The van der Waals surface area contributed by atoms with Gasteiger partial charge in [-0.2, -0.15) is 0 Å². The van der Waals surface area contributed by atoms with Crippen molar-refractivity contribution in [3.8, 4) is 0 Å². The van der Waals surface area contributed by atoms with Crippen LogP contribution in [0.3, 0.4) is 0 Å². The number of nitrogens with one attached hydrogen (secondary N) is 1. The lowest BCUT2D eigenvalue weighted by Crippen LogP contribution is -2.12. The minimum atomic E-state index is 0.748. The van der Waals surface area contributed by atoms with Gasteiger partial charge in [0.2, 0.25) is 0 Å². The summed E-state index contributed by atoms with van der Waals surface area (Å²) >= 11 is 3.39. The molecule has 2 heterocycles. The van der Waals surface area contributed by atoms with Crippen LogP contribution in [-0.2, 0) is 13.0 Å². The molecule has 0 aliphatic carbocycles. The molecular formula is C11H15BrN6. The molecule has 0 spiro atoms. The van der Waals surface area contributed by atoms with Gasteiger partial charge in [0, 0.05) is 25.2 Å². The molecule has 2 aromatic heterocycles. The van der Waals surface area contributed by atoms with Crippen LogP contribution in [0.2, 0.25) is 0 Å². The van der Waals surface area contributed by atoms with Gasteiger partial charge < -0.3 is 5.32 Å². The predicted molar refractivity (Wildman–Crippen MR) is 72.2 cm³/mol. The molecule has 0 aromatic carbocycles.